The van der Waals surface area contributed by atoms with Crippen LogP contribution >= 0.6 is 23.1 Å². The van der Waals surface area contributed by atoms with Crippen molar-refractivity contribution >= 4 is 55.9 Å². The molecule has 214 valence electrons. The van der Waals surface area contributed by atoms with Crippen molar-refractivity contribution in [3.8, 4) is 17.2 Å². The zero-order valence-electron chi connectivity index (χ0n) is 23.2. The Labute approximate surface area is 252 Å². The van der Waals surface area contributed by atoms with Crippen LogP contribution in [0.3, 0.4) is 0 Å². The number of rotatable bonds is 11. The molecule has 10 heteroatoms. The van der Waals surface area contributed by atoms with Gasteiger partial charge in [0.1, 0.15) is 28.1 Å². The van der Waals surface area contributed by atoms with Gasteiger partial charge in [0.15, 0.2) is 5.13 Å². The molecule has 5 rings (SSSR count). The number of hydrogen-bond acceptors (Lipinski definition) is 8. The summed E-state index contributed by atoms with van der Waals surface area (Å²) in [4.78, 5) is 32.1. The number of carbonyl (C=O) groups is 2. The van der Waals surface area contributed by atoms with E-state index in [1.165, 1.54) is 37.3 Å². The van der Waals surface area contributed by atoms with Gasteiger partial charge in [-0.3, -0.25) is 9.59 Å². The van der Waals surface area contributed by atoms with E-state index in [2.05, 4.69) is 15.6 Å². The average Bonchev–Trinajstić information content (AvgIpc) is 3.42. The second-order valence-electron chi connectivity index (χ2n) is 9.00. The number of aromatic nitrogens is 1. The van der Waals surface area contributed by atoms with E-state index in [0.29, 0.717) is 34.5 Å². The minimum Gasteiger partial charge on any atom is -0.496 e. The zero-order chi connectivity index (χ0) is 29.5. The maximum atomic E-state index is 13.6. The molecule has 0 radical (unpaired) electrons. The number of fused-ring (bicyclic) bond motifs is 1. The molecule has 0 saturated carbocycles. The van der Waals surface area contributed by atoms with Crippen LogP contribution in [0.1, 0.15) is 28.1 Å². The lowest BCUT2D eigenvalue weighted by Gasteiger charge is -2.17. The molecular formula is C32H29N3O5S2. The van der Waals surface area contributed by atoms with Crippen LogP contribution in [-0.2, 0) is 4.79 Å². The first-order valence-corrected chi connectivity index (χ1v) is 14.9. The van der Waals surface area contributed by atoms with Crippen molar-refractivity contribution in [3.05, 3.63) is 102 Å². The number of benzene rings is 4. The maximum absolute atomic E-state index is 13.6. The van der Waals surface area contributed by atoms with Gasteiger partial charge in [-0.25, -0.2) is 4.98 Å². The van der Waals surface area contributed by atoms with Gasteiger partial charge in [0.25, 0.3) is 5.91 Å². The van der Waals surface area contributed by atoms with E-state index in [0.717, 1.165) is 26.4 Å². The van der Waals surface area contributed by atoms with Crippen LogP contribution in [-0.4, -0.2) is 37.6 Å². The Morgan fingerprint density at radius 1 is 0.881 bits per heavy atom. The summed E-state index contributed by atoms with van der Waals surface area (Å²) in [6.45, 7) is 2.51. The summed E-state index contributed by atoms with van der Waals surface area (Å²) in [5, 5.41) is 5.89. The fourth-order valence-corrected chi connectivity index (χ4v) is 6.23. The van der Waals surface area contributed by atoms with Crippen molar-refractivity contribution in [2.45, 2.75) is 17.1 Å². The molecule has 0 aliphatic carbocycles. The van der Waals surface area contributed by atoms with E-state index in [9.17, 15) is 9.59 Å². The summed E-state index contributed by atoms with van der Waals surface area (Å²) in [6.07, 6.45) is 0. The molecule has 1 atom stereocenters. The lowest BCUT2D eigenvalue weighted by molar-refractivity contribution is -0.115. The quantitative estimate of drug-likeness (QED) is 0.152. The summed E-state index contributed by atoms with van der Waals surface area (Å²) in [5.41, 5.74) is 2.57. The Bertz CT molecular complexity index is 1670. The molecule has 2 amide bonds. The van der Waals surface area contributed by atoms with Gasteiger partial charge in [0, 0.05) is 10.6 Å². The van der Waals surface area contributed by atoms with E-state index in [4.69, 9.17) is 14.2 Å². The number of ether oxygens (including phenoxy) is 3. The Morgan fingerprint density at radius 2 is 1.60 bits per heavy atom. The Balaban J connectivity index is 1.32. The van der Waals surface area contributed by atoms with Gasteiger partial charge in [-0.2, -0.15) is 0 Å². The van der Waals surface area contributed by atoms with Crippen LogP contribution in [0, 0.1) is 0 Å². The lowest BCUT2D eigenvalue weighted by Crippen LogP contribution is -2.19. The van der Waals surface area contributed by atoms with Crippen LogP contribution in [0.2, 0.25) is 0 Å². The first-order chi connectivity index (χ1) is 20.5. The van der Waals surface area contributed by atoms with Crippen LogP contribution < -0.4 is 24.8 Å². The minimum atomic E-state index is -0.532. The predicted molar refractivity (Wildman–Crippen MR) is 168 cm³/mol. The van der Waals surface area contributed by atoms with Gasteiger partial charge in [-0.1, -0.05) is 47.7 Å². The second-order valence-corrected chi connectivity index (χ2v) is 11.2. The first kappa shape index (κ1) is 29.0. The van der Waals surface area contributed by atoms with E-state index in [-0.39, 0.29) is 11.8 Å². The fourth-order valence-electron chi connectivity index (χ4n) is 4.31. The number of amides is 2. The minimum absolute atomic E-state index is 0.184. The zero-order valence-corrected chi connectivity index (χ0v) is 24.9. The third-order valence-electron chi connectivity index (χ3n) is 6.26. The third-order valence-corrected chi connectivity index (χ3v) is 8.46. The van der Waals surface area contributed by atoms with Crippen LogP contribution in [0.15, 0.2) is 95.9 Å². The van der Waals surface area contributed by atoms with E-state index >= 15 is 0 Å². The molecule has 5 aromatic rings. The van der Waals surface area contributed by atoms with Crippen molar-refractivity contribution in [3.63, 3.8) is 0 Å². The number of thioether (sulfide) groups is 1. The molecule has 1 heterocycles. The van der Waals surface area contributed by atoms with Gasteiger partial charge < -0.3 is 24.8 Å². The van der Waals surface area contributed by atoms with Crippen molar-refractivity contribution in [2.75, 3.05) is 31.5 Å². The molecule has 1 unspecified atom stereocenters. The van der Waals surface area contributed by atoms with Crippen LogP contribution in [0.4, 0.5) is 10.8 Å². The molecule has 0 bridgehead atoms. The molecule has 0 aliphatic rings. The molecule has 0 saturated heterocycles. The van der Waals surface area contributed by atoms with E-state index < -0.39 is 5.25 Å². The molecule has 1 aromatic heterocycles. The molecule has 4 aromatic carbocycles. The fraction of sp³-hybridized carbons (Fsp3) is 0.156. The molecule has 2 N–H and O–H groups in total. The largest absolute Gasteiger partial charge is 0.496 e. The third kappa shape index (κ3) is 6.67. The number of hydrogen-bond donors (Lipinski definition) is 2. The molecule has 42 heavy (non-hydrogen) atoms. The molecule has 0 fully saturated rings. The summed E-state index contributed by atoms with van der Waals surface area (Å²) < 4.78 is 17.2. The Hall–Kier alpha value is -4.54. The normalized spacial score (nSPS) is 11.5. The summed E-state index contributed by atoms with van der Waals surface area (Å²) >= 11 is 2.82. The average molecular weight is 600 g/mol. The SMILES string of the molecule is CCOc1ccc2nc(NC(=O)C(Sc3ccc(NC(=O)c4c(OC)cccc4OC)cc3)c3ccccc3)sc2c1. The summed E-state index contributed by atoms with van der Waals surface area (Å²) in [6, 6.07) is 27.8. The number of carbonyl (C=O) groups excluding carboxylic acids is 2. The van der Waals surface area contributed by atoms with Crippen molar-refractivity contribution in [1.29, 1.82) is 0 Å². The maximum Gasteiger partial charge on any atom is 0.263 e. The van der Waals surface area contributed by atoms with Gasteiger partial charge in [-0.15, -0.1) is 11.8 Å². The van der Waals surface area contributed by atoms with Gasteiger partial charge >= 0.3 is 0 Å². The van der Waals surface area contributed by atoms with Crippen LogP contribution in [0.25, 0.3) is 10.2 Å². The number of methoxy groups -OCH3 is 2. The molecular weight excluding hydrogens is 571 g/mol. The lowest BCUT2D eigenvalue weighted by atomic mass is 10.1. The standard InChI is InChI=1S/C32H29N3O5S2/c1-4-40-22-15-18-24-27(19-22)42-32(34-24)35-31(37)29(20-9-6-5-7-10-20)41-23-16-13-21(14-17-23)33-30(36)28-25(38-2)11-8-12-26(28)39-3/h5-19,29H,4H2,1-3H3,(H,33,36)(H,34,35,37). The van der Waals surface area contributed by atoms with Crippen molar-refractivity contribution < 1.29 is 23.8 Å². The van der Waals surface area contributed by atoms with E-state index in [1.807, 2.05) is 67.6 Å². The number of nitrogens with one attached hydrogen (secondary N) is 2. The number of thiazole rings is 1. The van der Waals surface area contributed by atoms with Crippen molar-refractivity contribution in [2.24, 2.45) is 0 Å². The molecule has 8 nitrogen and oxygen atoms in total. The summed E-state index contributed by atoms with van der Waals surface area (Å²) in [7, 11) is 3.01. The highest BCUT2D eigenvalue weighted by atomic mass is 32.2. The van der Waals surface area contributed by atoms with Crippen LogP contribution in [0.5, 0.6) is 17.2 Å². The smallest absolute Gasteiger partial charge is 0.263 e. The number of nitrogens with zero attached hydrogens (tertiary/aromatic N) is 1. The monoisotopic (exact) mass is 599 g/mol. The van der Waals surface area contributed by atoms with Gasteiger partial charge in [-0.05, 0) is 67.1 Å². The number of anilines is 2. The highest BCUT2D eigenvalue weighted by Gasteiger charge is 2.24. The van der Waals surface area contributed by atoms with Gasteiger partial charge in [0.2, 0.25) is 5.91 Å². The first-order valence-electron chi connectivity index (χ1n) is 13.2. The highest BCUT2D eigenvalue weighted by Crippen LogP contribution is 2.38. The predicted octanol–water partition coefficient (Wildman–Crippen LogP) is 7.44. The Kier molecular flexibility index (Phi) is 9.25. The van der Waals surface area contributed by atoms with E-state index in [1.54, 1.807) is 30.3 Å². The Morgan fingerprint density at radius 3 is 2.26 bits per heavy atom. The molecule has 0 spiro atoms. The molecule has 0 aliphatic heterocycles. The summed E-state index contributed by atoms with van der Waals surface area (Å²) in [5.74, 6) is 1.06. The topological polar surface area (TPSA) is 98.8 Å². The highest BCUT2D eigenvalue weighted by molar-refractivity contribution is 8.00. The van der Waals surface area contributed by atoms with Gasteiger partial charge in [0.05, 0.1) is 31.0 Å². The second kappa shape index (κ2) is 13.4. The van der Waals surface area contributed by atoms with Crippen molar-refractivity contribution in [1.82, 2.24) is 4.98 Å².